The normalized spacial score (nSPS) is 28.3. The number of aryl methyl sites for hydroxylation is 1. The quantitative estimate of drug-likeness (QED) is 0.872. The molecule has 1 fully saturated rings. The molecule has 2 nitrogen and oxygen atoms in total. The number of hydrogen-bond acceptors (Lipinski definition) is 2. The van der Waals surface area contributed by atoms with Crippen LogP contribution in [0.5, 0.6) is 0 Å². The maximum atomic E-state index is 6.62. The second kappa shape index (κ2) is 6.73. The number of rotatable bonds is 5. The standard InChI is InChI=1S/C18H29NO/c1-4-15-8-10-16(11-9-15)17(19)18(20-5-2)12-6-7-14(3)13-18/h8-11,14,17H,4-7,12-13,19H2,1-3H3. The minimum absolute atomic E-state index is 0.0175. The summed E-state index contributed by atoms with van der Waals surface area (Å²) < 4.78 is 6.19. The average Bonchev–Trinajstić information content (AvgIpc) is 2.47. The molecule has 2 heteroatoms. The van der Waals surface area contributed by atoms with Crippen LogP contribution in [0.2, 0.25) is 0 Å². The molecule has 1 aliphatic rings. The highest BCUT2D eigenvalue weighted by Crippen LogP contribution is 2.42. The summed E-state index contributed by atoms with van der Waals surface area (Å²) >= 11 is 0. The van der Waals surface area contributed by atoms with Gasteiger partial charge in [-0.1, -0.05) is 51.0 Å². The van der Waals surface area contributed by atoms with Gasteiger partial charge in [0.25, 0.3) is 0 Å². The summed E-state index contributed by atoms with van der Waals surface area (Å²) in [7, 11) is 0. The van der Waals surface area contributed by atoms with Gasteiger partial charge in [-0.3, -0.25) is 0 Å². The zero-order valence-corrected chi connectivity index (χ0v) is 13.2. The van der Waals surface area contributed by atoms with Gasteiger partial charge in [0.15, 0.2) is 0 Å². The predicted molar refractivity (Wildman–Crippen MR) is 84.7 cm³/mol. The van der Waals surface area contributed by atoms with Gasteiger partial charge in [0.05, 0.1) is 11.6 Å². The Balaban J connectivity index is 2.22. The molecule has 1 aromatic rings. The van der Waals surface area contributed by atoms with Crippen molar-refractivity contribution >= 4 is 0 Å². The monoisotopic (exact) mass is 275 g/mol. The van der Waals surface area contributed by atoms with E-state index in [4.69, 9.17) is 10.5 Å². The van der Waals surface area contributed by atoms with Crippen molar-refractivity contribution in [3.8, 4) is 0 Å². The molecule has 3 unspecified atom stereocenters. The van der Waals surface area contributed by atoms with Crippen molar-refractivity contribution < 1.29 is 4.74 Å². The summed E-state index contributed by atoms with van der Waals surface area (Å²) in [5, 5.41) is 0. The molecule has 0 radical (unpaired) electrons. The van der Waals surface area contributed by atoms with E-state index in [1.807, 2.05) is 0 Å². The molecule has 3 atom stereocenters. The Morgan fingerprint density at radius 3 is 2.55 bits per heavy atom. The molecule has 0 aliphatic heterocycles. The van der Waals surface area contributed by atoms with E-state index in [9.17, 15) is 0 Å². The van der Waals surface area contributed by atoms with Gasteiger partial charge in [-0.2, -0.15) is 0 Å². The van der Waals surface area contributed by atoms with Gasteiger partial charge in [-0.15, -0.1) is 0 Å². The van der Waals surface area contributed by atoms with E-state index < -0.39 is 0 Å². The van der Waals surface area contributed by atoms with Crippen molar-refractivity contribution in [2.45, 2.75) is 64.5 Å². The second-order valence-corrected chi connectivity index (χ2v) is 6.27. The highest BCUT2D eigenvalue weighted by atomic mass is 16.5. The molecule has 0 saturated heterocycles. The van der Waals surface area contributed by atoms with Crippen LogP contribution < -0.4 is 5.73 Å². The molecule has 1 saturated carbocycles. The van der Waals surface area contributed by atoms with E-state index in [0.717, 1.165) is 25.9 Å². The van der Waals surface area contributed by atoms with E-state index in [0.29, 0.717) is 5.92 Å². The summed E-state index contributed by atoms with van der Waals surface area (Å²) in [6.07, 6.45) is 5.76. The molecule has 1 aromatic carbocycles. The van der Waals surface area contributed by atoms with Gasteiger partial charge < -0.3 is 10.5 Å². The molecule has 112 valence electrons. The largest absolute Gasteiger partial charge is 0.373 e. The fourth-order valence-corrected chi connectivity index (χ4v) is 3.60. The lowest BCUT2D eigenvalue weighted by molar-refractivity contribution is -0.0938. The minimum Gasteiger partial charge on any atom is -0.373 e. The summed E-state index contributed by atoms with van der Waals surface area (Å²) in [6.45, 7) is 7.32. The Morgan fingerprint density at radius 1 is 1.30 bits per heavy atom. The van der Waals surface area contributed by atoms with Crippen molar-refractivity contribution in [1.29, 1.82) is 0 Å². The lowest BCUT2D eigenvalue weighted by atomic mass is 9.73. The van der Waals surface area contributed by atoms with E-state index in [1.54, 1.807) is 0 Å². The van der Waals surface area contributed by atoms with E-state index in [1.165, 1.54) is 24.0 Å². The van der Waals surface area contributed by atoms with Crippen molar-refractivity contribution in [2.75, 3.05) is 6.61 Å². The maximum absolute atomic E-state index is 6.62. The van der Waals surface area contributed by atoms with E-state index >= 15 is 0 Å². The van der Waals surface area contributed by atoms with Crippen LogP contribution in [0.3, 0.4) is 0 Å². The van der Waals surface area contributed by atoms with Crippen LogP contribution in [0.25, 0.3) is 0 Å². The molecule has 0 spiro atoms. The van der Waals surface area contributed by atoms with Crippen LogP contribution in [0.4, 0.5) is 0 Å². The van der Waals surface area contributed by atoms with Crippen molar-refractivity contribution in [1.82, 2.24) is 0 Å². The maximum Gasteiger partial charge on any atom is 0.0876 e. The highest BCUT2D eigenvalue weighted by molar-refractivity contribution is 5.27. The summed E-state index contributed by atoms with van der Waals surface area (Å²) in [6, 6.07) is 8.74. The molecule has 0 aromatic heterocycles. The number of ether oxygens (including phenoxy) is 1. The SMILES string of the molecule is CCOC1(C(N)c2ccc(CC)cc2)CCCC(C)C1. The zero-order valence-electron chi connectivity index (χ0n) is 13.2. The Kier molecular flexibility index (Phi) is 5.22. The average molecular weight is 275 g/mol. The van der Waals surface area contributed by atoms with Crippen LogP contribution in [0, 0.1) is 5.92 Å². The van der Waals surface area contributed by atoms with Crippen LogP contribution in [0.1, 0.15) is 63.6 Å². The highest BCUT2D eigenvalue weighted by Gasteiger charge is 2.41. The molecule has 0 bridgehead atoms. The molecular weight excluding hydrogens is 246 g/mol. The Bertz CT molecular complexity index is 410. The fourth-order valence-electron chi connectivity index (χ4n) is 3.60. The predicted octanol–water partition coefficient (Wildman–Crippen LogP) is 4.23. The fraction of sp³-hybridized carbons (Fsp3) is 0.667. The first-order valence-corrected chi connectivity index (χ1v) is 8.09. The first-order chi connectivity index (χ1) is 9.61. The van der Waals surface area contributed by atoms with Crippen LogP contribution in [-0.4, -0.2) is 12.2 Å². The first kappa shape index (κ1) is 15.5. The third-order valence-corrected chi connectivity index (χ3v) is 4.74. The van der Waals surface area contributed by atoms with Gasteiger partial charge in [0.1, 0.15) is 0 Å². The Hall–Kier alpha value is -0.860. The lowest BCUT2D eigenvalue weighted by Gasteiger charge is -2.44. The summed E-state index contributed by atoms with van der Waals surface area (Å²) in [4.78, 5) is 0. The van der Waals surface area contributed by atoms with Crippen molar-refractivity contribution in [3.63, 3.8) is 0 Å². The summed E-state index contributed by atoms with van der Waals surface area (Å²) in [5.41, 5.74) is 9.03. The van der Waals surface area contributed by atoms with Crippen LogP contribution in [-0.2, 0) is 11.2 Å². The zero-order chi connectivity index (χ0) is 14.6. The van der Waals surface area contributed by atoms with Gasteiger partial charge in [-0.05, 0) is 43.2 Å². The van der Waals surface area contributed by atoms with Crippen molar-refractivity contribution in [3.05, 3.63) is 35.4 Å². The van der Waals surface area contributed by atoms with Crippen molar-refractivity contribution in [2.24, 2.45) is 11.7 Å². The first-order valence-electron chi connectivity index (χ1n) is 8.09. The third kappa shape index (κ3) is 3.24. The lowest BCUT2D eigenvalue weighted by Crippen LogP contribution is -2.47. The number of hydrogen-bond donors (Lipinski definition) is 1. The van der Waals surface area contributed by atoms with Gasteiger partial charge in [-0.25, -0.2) is 0 Å². The molecule has 20 heavy (non-hydrogen) atoms. The van der Waals surface area contributed by atoms with Crippen LogP contribution >= 0.6 is 0 Å². The molecule has 2 rings (SSSR count). The third-order valence-electron chi connectivity index (χ3n) is 4.74. The number of nitrogens with two attached hydrogens (primary N) is 1. The molecule has 0 amide bonds. The van der Waals surface area contributed by atoms with E-state index in [2.05, 4.69) is 45.0 Å². The Labute approximate surface area is 123 Å². The molecular formula is C18H29NO. The Morgan fingerprint density at radius 2 is 2.00 bits per heavy atom. The molecule has 2 N–H and O–H groups in total. The van der Waals surface area contributed by atoms with Crippen LogP contribution in [0.15, 0.2) is 24.3 Å². The smallest absolute Gasteiger partial charge is 0.0876 e. The van der Waals surface area contributed by atoms with Gasteiger partial charge >= 0.3 is 0 Å². The number of benzene rings is 1. The minimum atomic E-state index is -0.167. The van der Waals surface area contributed by atoms with Gasteiger partial charge in [0.2, 0.25) is 0 Å². The van der Waals surface area contributed by atoms with Gasteiger partial charge in [0, 0.05) is 6.61 Å². The second-order valence-electron chi connectivity index (χ2n) is 6.27. The topological polar surface area (TPSA) is 35.2 Å². The summed E-state index contributed by atoms with van der Waals surface area (Å²) in [5.74, 6) is 0.705. The molecule has 1 aliphatic carbocycles. The molecule has 0 heterocycles. The van der Waals surface area contributed by atoms with E-state index in [-0.39, 0.29) is 11.6 Å².